The highest BCUT2D eigenvalue weighted by Crippen LogP contribution is 2.24. The Balaban J connectivity index is 2.34. The Morgan fingerprint density at radius 1 is 1.08 bits per heavy atom. The van der Waals surface area contributed by atoms with Crippen molar-refractivity contribution >= 4 is 27.4 Å². The normalized spacial score (nSPS) is 11.0. The van der Waals surface area contributed by atoms with Crippen molar-refractivity contribution in [2.75, 3.05) is 12.4 Å². The summed E-state index contributed by atoms with van der Waals surface area (Å²) in [4.78, 5) is 23.4. The standard InChI is InChI=1S/C16H16N2O5S/c1-10(19)11-4-3-5-13(8-11)18-16(20)12-6-7-14(23-2)15(9-12)24(17,21)22/h3-9H,1-2H3,(H,18,20)(H2,17,21,22). The molecular formula is C16H16N2O5S. The van der Waals surface area contributed by atoms with Crippen molar-refractivity contribution in [3.05, 3.63) is 53.6 Å². The molecule has 0 fully saturated rings. The first kappa shape index (κ1) is 17.6. The maximum atomic E-state index is 12.3. The summed E-state index contributed by atoms with van der Waals surface area (Å²) in [6.45, 7) is 1.42. The zero-order valence-electron chi connectivity index (χ0n) is 13.1. The molecule has 2 aromatic rings. The van der Waals surface area contributed by atoms with E-state index in [1.807, 2.05) is 0 Å². The number of hydrogen-bond acceptors (Lipinski definition) is 5. The lowest BCUT2D eigenvalue weighted by atomic mass is 10.1. The lowest BCUT2D eigenvalue weighted by Gasteiger charge is -2.10. The molecule has 0 saturated heterocycles. The van der Waals surface area contributed by atoms with Crippen LogP contribution in [0.5, 0.6) is 5.75 Å². The van der Waals surface area contributed by atoms with Gasteiger partial charge in [0, 0.05) is 16.8 Å². The van der Waals surface area contributed by atoms with Crippen molar-refractivity contribution in [1.82, 2.24) is 0 Å². The quantitative estimate of drug-likeness (QED) is 0.799. The van der Waals surface area contributed by atoms with Gasteiger partial charge in [-0.2, -0.15) is 0 Å². The number of anilines is 1. The first-order chi connectivity index (χ1) is 11.2. The third kappa shape index (κ3) is 3.98. The molecule has 0 saturated carbocycles. The van der Waals surface area contributed by atoms with Gasteiger partial charge in [0.1, 0.15) is 10.6 Å². The summed E-state index contributed by atoms with van der Waals surface area (Å²) in [5.41, 5.74) is 0.960. The first-order valence-corrected chi connectivity index (χ1v) is 8.40. The lowest BCUT2D eigenvalue weighted by molar-refractivity contribution is 0.101. The van der Waals surface area contributed by atoms with Crippen LogP contribution in [-0.2, 0) is 10.0 Å². The minimum absolute atomic E-state index is 0.0487. The second-order valence-corrected chi connectivity index (χ2v) is 6.53. The molecule has 0 bridgehead atoms. The minimum atomic E-state index is -4.04. The van der Waals surface area contributed by atoms with Crippen molar-refractivity contribution in [3.8, 4) is 5.75 Å². The molecule has 0 aliphatic rings. The second kappa shape index (κ2) is 6.81. The molecule has 2 rings (SSSR count). The Morgan fingerprint density at radius 3 is 2.38 bits per heavy atom. The molecule has 8 heteroatoms. The number of carbonyl (C=O) groups is 2. The average molecular weight is 348 g/mol. The number of amides is 1. The van der Waals surface area contributed by atoms with E-state index in [0.29, 0.717) is 11.3 Å². The summed E-state index contributed by atoms with van der Waals surface area (Å²) in [6.07, 6.45) is 0. The number of hydrogen-bond donors (Lipinski definition) is 2. The van der Waals surface area contributed by atoms with Gasteiger partial charge in [-0.05, 0) is 37.3 Å². The van der Waals surface area contributed by atoms with Gasteiger partial charge in [-0.1, -0.05) is 12.1 Å². The Morgan fingerprint density at radius 2 is 1.79 bits per heavy atom. The van der Waals surface area contributed by atoms with Crippen LogP contribution < -0.4 is 15.2 Å². The number of nitrogens with one attached hydrogen (secondary N) is 1. The highest BCUT2D eigenvalue weighted by molar-refractivity contribution is 7.89. The highest BCUT2D eigenvalue weighted by Gasteiger charge is 2.18. The first-order valence-electron chi connectivity index (χ1n) is 6.85. The van der Waals surface area contributed by atoms with E-state index in [9.17, 15) is 18.0 Å². The van der Waals surface area contributed by atoms with E-state index >= 15 is 0 Å². The largest absolute Gasteiger partial charge is 0.495 e. The van der Waals surface area contributed by atoms with Crippen molar-refractivity contribution in [1.29, 1.82) is 0 Å². The molecule has 0 aliphatic heterocycles. The molecule has 24 heavy (non-hydrogen) atoms. The smallest absolute Gasteiger partial charge is 0.255 e. The van der Waals surface area contributed by atoms with Gasteiger partial charge in [-0.3, -0.25) is 9.59 Å². The fraction of sp³-hybridized carbons (Fsp3) is 0.125. The van der Waals surface area contributed by atoms with Gasteiger partial charge in [0.2, 0.25) is 10.0 Å². The van der Waals surface area contributed by atoms with E-state index in [4.69, 9.17) is 9.88 Å². The molecule has 0 aliphatic carbocycles. The van der Waals surface area contributed by atoms with E-state index in [-0.39, 0.29) is 22.0 Å². The number of ketones is 1. The van der Waals surface area contributed by atoms with Crippen LogP contribution in [0, 0.1) is 0 Å². The van der Waals surface area contributed by atoms with Crippen LogP contribution in [-0.4, -0.2) is 27.2 Å². The van der Waals surface area contributed by atoms with E-state index in [1.54, 1.807) is 18.2 Å². The number of primary sulfonamides is 1. The number of nitrogens with two attached hydrogens (primary N) is 1. The van der Waals surface area contributed by atoms with Crippen LogP contribution >= 0.6 is 0 Å². The minimum Gasteiger partial charge on any atom is -0.495 e. The van der Waals surface area contributed by atoms with Crippen LogP contribution in [0.2, 0.25) is 0 Å². The molecule has 3 N–H and O–H groups in total. The molecular weight excluding hydrogens is 332 g/mol. The fourth-order valence-corrected chi connectivity index (χ4v) is 2.78. The SMILES string of the molecule is COc1ccc(C(=O)Nc2cccc(C(C)=O)c2)cc1S(N)(=O)=O. The van der Waals surface area contributed by atoms with Crippen molar-refractivity contribution in [2.24, 2.45) is 5.14 Å². The lowest BCUT2D eigenvalue weighted by Crippen LogP contribution is -2.17. The summed E-state index contributed by atoms with van der Waals surface area (Å²) in [5, 5.41) is 7.73. The van der Waals surface area contributed by atoms with Crippen LogP contribution in [0.25, 0.3) is 0 Å². The molecule has 1 amide bonds. The maximum Gasteiger partial charge on any atom is 0.255 e. The van der Waals surface area contributed by atoms with E-state index < -0.39 is 15.9 Å². The van der Waals surface area contributed by atoms with Gasteiger partial charge in [0.15, 0.2) is 5.78 Å². The Labute approximate surface area is 139 Å². The number of methoxy groups -OCH3 is 1. The van der Waals surface area contributed by atoms with Crippen LogP contribution in [0.15, 0.2) is 47.4 Å². The Hall–Kier alpha value is -2.71. The number of carbonyl (C=O) groups excluding carboxylic acids is 2. The van der Waals surface area contributed by atoms with Gasteiger partial charge in [0.05, 0.1) is 7.11 Å². The number of ether oxygens (including phenoxy) is 1. The highest BCUT2D eigenvalue weighted by atomic mass is 32.2. The zero-order valence-corrected chi connectivity index (χ0v) is 13.9. The van der Waals surface area contributed by atoms with Gasteiger partial charge >= 0.3 is 0 Å². The Bertz CT molecular complexity index is 906. The fourth-order valence-electron chi connectivity index (χ4n) is 2.06. The molecule has 0 heterocycles. The number of Topliss-reactive ketones (excluding diaryl/α,β-unsaturated/α-hetero) is 1. The number of benzene rings is 2. The predicted octanol–water partition coefficient (Wildman–Crippen LogP) is 1.80. The zero-order chi connectivity index (χ0) is 17.9. The molecule has 126 valence electrons. The second-order valence-electron chi connectivity index (χ2n) is 5.00. The molecule has 2 aromatic carbocycles. The van der Waals surface area contributed by atoms with Crippen molar-refractivity contribution < 1.29 is 22.7 Å². The predicted molar refractivity (Wildman–Crippen MR) is 88.8 cm³/mol. The summed E-state index contributed by atoms with van der Waals surface area (Å²) in [7, 11) is -2.74. The maximum absolute atomic E-state index is 12.3. The topological polar surface area (TPSA) is 116 Å². The van der Waals surface area contributed by atoms with Crippen LogP contribution in [0.3, 0.4) is 0 Å². The molecule has 0 atom stereocenters. The Kier molecular flexibility index (Phi) is 5.01. The van der Waals surface area contributed by atoms with Crippen molar-refractivity contribution in [3.63, 3.8) is 0 Å². The van der Waals surface area contributed by atoms with Gasteiger partial charge in [-0.25, -0.2) is 13.6 Å². The average Bonchev–Trinajstić information content (AvgIpc) is 2.53. The van der Waals surface area contributed by atoms with Gasteiger partial charge in [-0.15, -0.1) is 0 Å². The van der Waals surface area contributed by atoms with E-state index in [2.05, 4.69) is 5.32 Å². The number of sulfonamides is 1. The summed E-state index contributed by atoms with van der Waals surface area (Å²) in [5.74, 6) is -0.622. The van der Waals surface area contributed by atoms with Gasteiger partial charge in [0.25, 0.3) is 5.91 Å². The van der Waals surface area contributed by atoms with Gasteiger partial charge < -0.3 is 10.1 Å². The molecule has 0 radical (unpaired) electrons. The van der Waals surface area contributed by atoms with Crippen molar-refractivity contribution in [2.45, 2.75) is 11.8 Å². The molecule has 0 unspecified atom stereocenters. The third-order valence-electron chi connectivity index (χ3n) is 3.26. The van der Waals surface area contributed by atoms with Crippen LogP contribution in [0.4, 0.5) is 5.69 Å². The third-order valence-corrected chi connectivity index (χ3v) is 4.19. The summed E-state index contributed by atoms with van der Waals surface area (Å²) >= 11 is 0. The van der Waals surface area contributed by atoms with E-state index in [1.165, 1.54) is 32.2 Å². The number of rotatable bonds is 5. The summed E-state index contributed by atoms with van der Waals surface area (Å²) < 4.78 is 28.1. The van der Waals surface area contributed by atoms with Crippen LogP contribution in [0.1, 0.15) is 27.6 Å². The molecule has 0 aromatic heterocycles. The molecule has 0 spiro atoms. The van der Waals surface area contributed by atoms with E-state index in [0.717, 1.165) is 6.07 Å². The summed E-state index contributed by atoms with van der Waals surface area (Å²) in [6, 6.07) is 10.3. The molecule has 7 nitrogen and oxygen atoms in total. The monoisotopic (exact) mass is 348 g/mol.